The zero-order valence-electron chi connectivity index (χ0n) is 13.6. The minimum absolute atomic E-state index is 0.0812. The van der Waals surface area contributed by atoms with Crippen molar-refractivity contribution in [2.24, 2.45) is 5.92 Å². The van der Waals surface area contributed by atoms with Crippen LogP contribution in [0.2, 0.25) is 0 Å². The zero-order valence-corrected chi connectivity index (χ0v) is 13.6. The van der Waals surface area contributed by atoms with Gasteiger partial charge in [-0.2, -0.15) is 0 Å². The number of nitrogens with zero attached hydrogens (tertiary/aromatic N) is 2. The van der Waals surface area contributed by atoms with E-state index in [1.54, 1.807) is 6.20 Å². The fourth-order valence-electron chi connectivity index (χ4n) is 3.99. The molecule has 0 spiro atoms. The van der Waals surface area contributed by atoms with Crippen molar-refractivity contribution in [2.45, 2.75) is 37.8 Å². The van der Waals surface area contributed by atoms with Gasteiger partial charge in [0.1, 0.15) is 5.69 Å². The Labute approximate surface area is 140 Å². The minimum Gasteiger partial charge on any atom is -0.439 e. The van der Waals surface area contributed by atoms with Gasteiger partial charge < -0.3 is 20.0 Å². The maximum atomic E-state index is 12.5. The lowest BCUT2D eigenvalue weighted by atomic mass is 9.97. The number of anilines is 1. The highest BCUT2D eigenvalue weighted by Gasteiger charge is 2.33. The number of rotatable bonds is 4. The van der Waals surface area contributed by atoms with Gasteiger partial charge in [-0.25, -0.2) is 4.98 Å². The van der Waals surface area contributed by atoms with Crippen molar-refractivity contribution in [3.8, 4) is 0 Å². The number of nitrogens with one attached hydrogen (secondary N) is 2. The highest BCUT2D eigenvalue weighted by molar-refractivity contribution is 5.96. The Kier molecular flexibility index (Phi) is 3.26. The first-order valence-electron chi connectivity index (χ1n) is 8.92. The number of carbonyl (C=O) groups is 1. The third-order valence-electron chi connectivity index (χ3n) is 5.36. The molecule has 1 amide bonds. The van der Waals surface area contributed by atoms with Gasteiger partial charge in [0.05, 0.1) is 6.20 Å². The summed E-state index contributed by atoms with van der Waals surface area (Å²) in [4.78, 5) is 19.3. The summed E-state index contributed by atoms with van der Waals surface area (Å²) >= 11 is 0. The van der Waals surface area contributed by atoms with E-state index in [1.165, 1.54) is 32.4 Å². The molecule has 24 heavy (non-hydrogen) atoms. The second kappa shape index (κ2) is 5.48. The lowest BCUT2D eigenvalue weighted by Gasteiger charge is -2.30. The van der Waals surface area contributed by atoms with E-state index in [0.717, 1.165) is 35.7 Å². The standard InChI is InChI=1S/C18H22N4O2/c23-18(21-14-5-11-3-4-22(9-11)10-14)15-6-12-7-17(20-13-1-2-13)24-16(12)8-19-15/h6-8,11,13-14,20H,1-5,9-10H2,(H,21,23)/t11-,14-/m1/s1. The predicted octanol–water partition coefficient (Wildman–Crippen LogP) is 2.23. The lowest BCUT2D eigenvalue weighted by molar-refractivity contribution is 0.0904. The molecule has 126 valence electrons. The monoisotopic (exact) mass is 326 g/mol. The number of furan rings is 1. The molecule has 6 heteroatoms. The first-order chi connectivity index (χ1) is 11.7. The molecular weight excluding hydrogens is 304 g/mol. The van der Waals surface area contributed by atoms with Crippen LogP contribution in [0.3, 0.4) is 0 Å². The first kappa shape index (κ1) is 14.3. The second-order valence-electron chi connectivity index (χ2n) is 7.46. The van der Waals surface area contributed by atoms with Crippen LogP contribution in [-0.4, -0.2) is 47.5 Å². The van der Waals surface area contributed by atoms with E-state index in [9.17, 15) is 4.79 Å². The number of fused-ring (bicyclic) bond motifs is 3. The van der Waals surface area contributed by atoms with Gasteiger partial charge in [-0.3, -0.25) is 4.79 Å². The van der Waals surface area contributed by atoms with Crippen molar-refractivity contribution >= 4 is 22.8 Å². The van der Waals surface area contributed by atoms with Gasteiger partial charge in [0, 0.05) is 36.6 Å². The maximum absolute atomic E-state index is 12.5. The van der Waals surface area contributed by atoms with Crippen molar-refractivity contribution in [3.05, 3.63) is 24.0 Å². The van der Waals surface area contributed by atoms with E-state index in [1.807, 2.05) is 12.1 Å². The summed E-state index contributed by atoms with van der Waals surface area (Å²) in [5, 5.41) is 7.42. The minimum atomic E-state index is -0.0812. The van der Waals surface area contributed by atoms with Crippen molar-refractivity contribution in [1.82, 2.24) is 15.2 Å². The summed E-state index contributed by atoms with van der Waals surface area (Å²) in [6, 6.07) is 4.56. The van der Waals surface area contributed by atoms with Crippen LogP contribution in [0.4, 0.5) is 5.88 Å². The van der Waals surface area contributed by atoms with Crippen LogP contribution in [-0.2, 0) is 0 Å². The largest absolute Gasteiger partial charge is 0.439 e. The average Bonchev–Trinajstić information content (AvgIpc) is 3.18. The Morgan fingerprint density at radius 3 is 2.96 bits per heavy atom. The molecule has 1 aliphatic carbocycles. The van der Waals surface area contributed by atoms with Gasteiger partial charge in [0.25, 0.3) is 5.91 Å². The molecule has 2 aliphatic heterocycles. The maximum Gasteiger partial charge on any atom is 0.270 e. The van der Waals surface area contributed by atoms with E-state index in [0.29, 0.717) is 11.7 Å². The Bertz CT molecular complexity index is 770. The molecule has 0 radical (unpaired) electrons. The van der Waals surface area contributed by atoms with Crippen LogP contribution in [0.5, 0.6) is 0 Å². The third-order valence-corrected chi connectivity index (χ3v) is 5.36. The summed E-state index contributed by atoms with van der Waals surface area (Å²) in [7, 11) is 0. The predicted molar refractivity (Wildman–Crippen MR) is 91.1 cm³/mol. The highest BCUT2D eigenvalue weighted by atomic mass is 16.3. The quantitative estimate of drug-likeness (QED) is 0.901. The van der Waals surface area contributed by atoms with Crippen LogP contribution in [0.1, 0.15) is 36.2 Å². The molecule has 5 rings (SSSR count). The summed E-state index contributed by atoms with van der Waals surface area (Å²) in [6.45, 7) is 3.33. The SMILES string of the molecule is O=C(N[C@@H]1C[C@H]2CCN(C2)C1)c1cc2cc(NC3CC3)oc2cn1. The van der Waals surface area contributed by atoms with Crippen LogP contribution in [0, 0.1) is 5.92 Å². The summed E-state index contributed by atoms with van der Waals surface area (Å²) < 4.78 is 5.73. The van der Waals surface area contributed by atoms with E-state index >= 15 is 0 Å². The number of carbonyl (C=O) groups excluding carboxylic acids is 1. The number of piperidine rings is 1. The van der Waals surface area contributed by atoms with Crippen molar-refractivity contribution in [2.75, 3.05) is 25.0 Å². The van der Waals surface area contributed by atoms with Gasteiger partial charge in [0.15, 0.2) is 11.5 Å². The molecule has 6 nitrogen and oxygen atoms in total. The van der Waals surface area contributed by atoms with Crippen molar-refractivity contribution in [1.29, 1.82) is 0 Å². The Morgan fingerprint density at radius 2 is 2.12 bits per heavy atom. The smallest absolute Gasteiger partial charge is 0.270 e. The van der Waals surface area contributed by atoms with Gasteiger partial charge >= 0.3 is 0 Å². The Hall–Kier alpha value is -2.08. The molecule has 0 aromatic carbocycles. The molecule has 1 saturated carbocycles. The molecule has 2 bridgehead atoms. The highest BCUT2D eigenvalue weighted by Crippen LogP contribution is 2.29. The van der Waals surface area contributed by atoms with Crippen molar-refractivity contribution < 1.29 is 9.21 Å². The Balaban J connectivity index is 1.30. The van der Waals surface area contributed by atoms with E-state index in [-0.39, 0.29) is 11.9 Å². The lowest BCUT2D eigenvalue weighted by Crippen LogP contribution is -2.47. The van der Waals surface area contributed by atoms with Crippen LogP contribution in [0.15, 0.2) is 22.7 Å². The number of pyridine rings is 1. The number of aromatic nitrogens is 1. The first-order valence-corrected chi connectivity index (χ1v) is 8.92. The molecular formula is C18H22N4O2. The second-order valence-corrected chi connectivity index (χ2v) is 7.46. The number of amides is 1. The van der Waals surface area contributed by atoms with Gasteiger partial charge in [-0.15, -0.1) is 0 Å². The van der Waals surface area contributed by atoms with Crippen molar-refractivity contribution in [3.63, 3.8) is 0 Å². The molecule has 2 aromatic rings. The van der Waals surface area contributed by atoms with Crippen LogP contribution < -0.4 is 10.6 Å². The van der Waals surface area contributed by atoms with Crippen LogP contribution in [0.25, 0.3) is 11.0 Å². The van der Waals surface area contributed by atoms with E-state index in [4.69, 9.17) is 4.42 Å². The topological polar surface area (TPSA) is 70.4 Å². The Morgan fingerprint density at radius 1 is 1.21 bits per heavy atom. The molecule has 2 N–H and O–H groups in total. The van der Waals surface area contributed by atoms with Gasteiger partial charge in [-0.1, -0.05) is 0 Å². The number of hydrogen-bond donors (Lipinski definition) is 2. The zero-order chi connectivity index (χ0) is 16.1. The molecule has 2 saturated heterocycles. The molecule has 2 aromatic heterocycles. The fraction of sp³-hybridized carbons (Fsp3) is 0.556. The molecule has 4 heterocycles. The summed E-state index contributed by atoms with van der Waals surface area (Å²) in [5.41, 5.74) is 1.19. The summed E-state index contributed by atoms with van der Waals surface area (Å²) in [5.74, 6) is 1.43. The van der Waals surface area contributed by atoms with Crippen LogP contribution >= 0.6 is 0 Å². The third kappa shape index (κ3) is 2.75. The van der Waals surface area contributed by atoms with Gasteiger partial charge in [0.2, 0.25) is 0 Å². The molecule has 3 atom stereocenters. The van der Waals surface area contributed by atoms with E-state index in [2.05, 4.69) is 20.5 Å². The molecule has 1 unspecified atom stereocenters. The van der Waals surface area contributed by atoms with Gasteiger partial charge in [-0.05, 0) is 44.2 Å². The molecule has 3 fully saturated rings. The average molecular weight is 326 g/mol. The fourth-order valence-corrected chi connectivity index (χ4v) is 3.99. The molecule has 3 aliphatic rings. The van der Waals surface area contributed by atoms with E-state index < -0.39 is 0 Å². The summed E-state index contributed by atoms with van der Waals surface area (Å²) in [6.07, 6.45) is 6.40. The normalized spacial score (nSPS) is 28.9. The number of hydrogen-bond acceptors (Lipinski definition) is 5.